The van der Waals surface area contributed by atoms with Crippen LogP contribution >= 0.6 is 11.3 Å². The molecule has 0 aliphatic heterocycles. The third kappa shape index (κ3) is 1.76. The van der Waals surface area contributed by atoms with E-state index in [-0.39, 0.29) is 6.04 Å². The molecule has 0 spiro atoms. The molecule has 1 atom stereocenters. The minimum Gasteiger partial charge on any atom is -0.320 e. The van der Waals surface area contributed by atoms with Crippen LogP contribution in [0.1, 0.15) is 17.2 Å². The Morgan fingerprint density at radius 3 is 2.54 bits per heavy atom. The molecule has 0 fully saturated rings. The van der Waals surface area contributed by atoms with E-state index in [1.165, 1.54) is 0 Å². The molecule has 13 heavy (non-hydrogen) atoms. The fraction of sp³-hybridized carbons (Fsp3) is 0.100. The van der Waals surface area contributed by atoms with E-state index >= 15 is 0 Å². The molecule has 0 aliphatic rings. The van der Waals surface area contributed by atoms with Crippen molar-refractivity contribution < 1.29 is 0 Å². The number of aromatic nitrogens is 1. The van der Waals surface area contributed by atoms with E-state index in [9.17, 15) is 0 Å². The summed E-state index contributed by atoms with van der Waals surface area (Å²) in [4.78, 5) is 3.96. The van der Waals surface area contributed by atoms with Gasteiger partial charge in [0.05, 0.1) is 6.04 Å². The predicted molar refractivity (Wildman–Crippen MR) is 54.6 cm³/mol. The molecule has 0 amide bonds. The highest BCUT2D eigenvalue weighted by atomic mass is 32.1. The maximum Gasteiger partial charge on any atom is 0.0560 e. The number of hydrogen-bond donors (Lipinski definition) is 1. The summed E-state index contributed by atoms with van der Waals surface area (Å²) < 4.78 is 0. The summed E-state index contributed by atoms with van der Waals surface area (Å²) in [5.41, 5.74) is 8.31. The van der Waals surface area contributed by atoms with Crippen molar-refractivity contribution in [1.82, 2.24) is 4.98 Å². The van der Waals surface area contributed by atoms with Crippen molar-refractivity contribution in [1.29, 1.82) is 0 Å². The molecule has 0 radical (unpaired) electrons. The highest BCUT2D eigenvalue weighted by Crippen LogP contribution is 2.20. The molecule has 3 heteroatoms. The van der Waals surface area contributed by atoms with Crippen molar-refractivity contribution in [2.45, 2.75) is 6.04 Å². The standard InChI is InChI=1S/C10H10N2S/c11-10(9-3-6-13-7-9)8-1-4-12-5-2-8/h1-7,10H,11H2. The van der Waals surface area contributed by atoms with Gasteiger partial charge < -0.3 is 5.73 Å². The lowest BCUT2D eigenvalue weighted by atomic mass is 10.0. The zero-order chi connectivity index (χ0) is 9.10. The van der Waals surface area contributed by atoms with E-state index in [1.54, 1.807) is 23.7 Å². The molecular weight excluding hydrogens is 180 g/mol. The van der Waals surface area contributed by atoms with Crippen molar-refractivity contribution in [2.24, 2.45) is 5.73 Å². The first-order valence-corrected chi connectivity index (χ1v) is 5.00. The maximum atomic E-state index is 6.04. The molecule has 2 heterocycles. The van der Waals surface area contributed by atoms with E-state index in [0.29, 0.717) is 0 Å². The SMILES string of the molecule is NC(c1ccncc1)c1ccsc1. The lowest BCUT2D eigenvalue weighted by molar-refractivity contribution is 0.873. The molecule has 0 aromatic carbocycles. The van der Waals surface area contributed by atoms with Gasteiger partial charge in [0.2, 0.25) is 0 Å². The van der Waals surface area contributed by atoms with Gasteiger partial charge in [-0.15, -0.1) is 0 Å². The average molecular weight is 190 g/mol. The van der Waals surface area contributed by atoms with Gasteiger partial charge in [0.25, 0.3) is 0 Å². The van der Waals surface area contributed by atoms with Crippen LogP contribution in [0.25, 0.3) is 0 Å². The summed E-state index contributed by atoms with van der Waals surface area (Å²) in [7, 11) is 0. The minimum atomic E-state index is -0.0192. The summed E-state index contributed by atoms with van der Waals surface area (Å²) in [6, 6.07) is 5.93. The summed E-state index contributed by atoms with van der Waals surface area (Å²) in [6.07, 6.45) is 3.53. The Morgan fingerprint density at radius 2 is 1.92 bits per heavy atom. The molecule has 2 rings (SSSR count). The van der Waals surface area contributed by atoms with Crippen LogP contribution in [-0.4, -0.2) is 4.98 Å². The van der Waals surface area contributed by atoms with Gasteiger partial charge in [0, 0.05) is 12.4 Å². The lowest BCUT2D eigenvalue weighted by Crippen LogP contribution is -2.10. The summed E-state index contributed by atoms with van der Waals surface area (Å²) in [5.74, 6) is 0. The van der Waals surface area contributed by atoms with Gasteiger partial charge in [-0.25, -0.2) is 0 Å². The molecule has 2 N–H and O–H groups in total. The molecule has 1 unspecified atom stereocenters. The first-order chi connectivity index (χ1) is 6.38. The zero-order valence-electron chi connectivity index (χ0n) is 7.05. The number of pyridine rings is 1. The normalized spacial score (nSPS) is 12.7. The van der Waals surface area contributed by atoms with Crippen molar-refractivity contribution in [3.8, 4) is 0 Å². The van der Waals surface area contributed by atoms with Crippen LogP contribution < -0.4 is 5.73 Å². The Balaban J connectivity index is 2.29. The van der Waals surface area contributed by atoms with Crippen LogP contribution in [0, 0.1) is 0 Å². The highest BCUT2D eigenvalue weighted by Gasteiger charge is 2.07. The molecular formula is C10H10N2S. The smallest absolute Gasteiger partial charge is 0.0560 e. The number of nitrogens with zero attached hydrogens (tertiary/aromatic N) is 1. The second-order valence-electron chi connectivity index (χ2n) is 2.81. The molecule has 0 aliphatic carbocycles. The van der Waals surface area contributed by atoms with Gasteiger partial charge >= 0.3 is 0 Å². The zero-order valence-corrected chi connectivity index (χ0v) is 7.87. The monoisotopic (exact) mass is 190 g/mol. The maximum absolute atomic E-state index is 6.04. The van der Waals surface area contributed by atoms with Crippen molar-refractivity contribution in [3.63, 3.8) is 0 Å². The van der Waals surface area contributed by atoms with Crippen LogP contribution in [0.5, 0.6) is 0 Å². The van der Waals surface area contributed by atoms with Crippen LogP contribution in [0.4, 0.5) is 0 Å². The van der Waals surface area contributed by atoms with E-state index < -0.39 is 0 Å². The number of nitrogens with two attached hydrogens (primary N) is 1. The first kappa shape index (κ1) is 8.41. The predicted octanol–water partition coefficient (Wildman–Crippen LogP) is 2.19. The number of hydrogen-bond acceptors (Lipinski definition) is 3. The van der Waals surface area contributed by atoms with E-state index in [4.69, 9.17) is 5.73 Å². The lowest BCUT2D eigenvalue weighted by Gasteiger charge is -2.08. The van der Waals surface area contributed by atoms with Gasteiger partial charge in [0.15, 0.2) is 0 Å². The van der Waals surface area contributed by atoms with Crippen molar-refractivity contribution in [3.05, 3.63) is 52.5 Å². The van der Waals surface area contributed by atoms with Gasteiger partial charge in [-0.1, -0.05) is 0 Å². The second kappa shape index (κ2) is 3.68. The quantitative estimate of drug-likeness (QED) is 0.788. The third-order valence-electron chi connectivity index (χ3n) is 1.97. The van der Waals surface area contributed by atoms with E-state index in [0.717, 1.165) is 11.1 Å². The molecule has 66 valence electrons. The minimum absolute atomic E-state index is 0.0192. The number of thiophene rings is 1. The molecule has 0 bridgehead atoms. The first-order valence-electron chi connectivity index (χ1n) is 4.05. The summed E-state index contributed by atoms with van der Waals surface area (Å²) in [5, 5.41) is 4.11. The van der Waals surface area contributed by atoms with Crippen LogP contribution in [0.3, 0.4) is 0 Å². The van der Waals surface area contributed by atoms with E-state index in [2.05, 4.69) is 16.4 Å². The second-order valence-corrected chi connectivity index (χ2v) is 3.59. The van der Waals surface area contributed by atoms with Gasteiger partial charge in [-0.3, -0.25) is 4.98 Å². The Labute approximate surface area is 81.1 Å². The Hall–Kier alpha value is -1.19. The molecule has 0 saturated heterocycles. The van der Waals surface area contributed by atoms with Crippen LogP contribution in [0.15, 0.2) is 41.4 Å². The largest absolute Gasteiger partial charge is 0.320 e. The van der Waals surface area contributed by atoms with Crippen LogP contribution in [-0.2, 0) is 0 Å². The van der Waals surface area contributed by atoms with Gasteiger partial charge in [-0.05, 0) is 40.1 Å². The third-order valence-corrected chi connectivity index (χ3v) is 2.67. The van der Waals surface area contributed by atoms with Crippen molar-refractivity contribution in [2.75, 3.05) is 0 Å². The fourth-order valence-corrected chi connectivity index (χ4v) is 1.91. The van der Waals surface area contributed by atoms with Gasteiger partial charge in [0.1, 0.15) is 0 Å². The highest BCUT2D eigenvalue weighted by molar-refractivity contribution is 7.07. The van der Waals surface area contributed by atoms with Crippen LogP contribution in [0.2, 0.25) is 0 Å². The average Bonchev–Trinajstić information content (AvgIpc) is 2.71. The summed E-state index contributed by atoms with van der Waals surface area (Å²) in [6.45, 7) is 0. The molecule has 2 aromatic heterocycles. The topological polar surface area (TPSA) is 38.9 Å². The Morgan fingerprint density at radius 1 is 1.15 bits per heavy atom. The summed E-state index contributed by atoms with van der Waals surface area (Å²) >= 11 is 1.67. The fourth-order valence-electron chi connectivity index (χ4n) is 1.22. The molecule has 0 saturated carbocycles. The molecule has 2 aromatic rings. The van der Waals surface area contributed by atoms with Crippen molar-refractivity contribution >= 4 is 11.3 Å². The Kier molecular flexibility index (Phi) is 2.38. The van der Waals surface area contributed by atoms with Gasteiger partial charge in [-0.2, -0.15) is 11.3 Å². The molecule has 2 nitrogen and oxygen atoms in total. The Bertz CT molecular complexity index is 356. The number of rotatable bonds is 2. The van der Waals surface area contributed by atoms with E-state index in [1.807, 2.05) is 17.5 Å².